The molecule has 1 aliphatic rings. The lowest BCUT2D eigenvalue weighted by Gasteiger charge is -2.21. The third-order valence-corrected chi connectivity index (χ3v) is 5.70. The zero-order valence-electron chi connectivity index (χ0n) is 18.2. The number of nitrogens with zero attached hydrogens (tertiary/aromatic N) is 3. The van der Waals surface area contributed by atoms with Crippen LogP contribution in [0.4, 0.5) is 13.2 Å². The van der Waals surface area contributed by atoms with Crippen LogP contribution in [0.2, 0.25) is 0 Å². The van der Waals surface area contributed by atoms with Gasteiger partial charge in [0.1, 0.15) is 17.3 Å². The van der Waals surface area contributed by atoms with Gasteiger partial charge in [-0.3, -0.25) is 0 Å². The molecule has 1 aliphatic heterocycles. The summed E-state index contributed by atoms with van der Waals surface area (Å²) in [5.41, 5.74) is 0.639. The highest BCUT2D eigenvalue weighted by atomic mass is 19.4. The topological polar surface area (TPSA) is 77.1 Å². The van der Waals surface area contributed by atoms with Gasteiger partial charge in [0.15, 0.2) is 0 Å². The molecule has 6 nitrogen and oxygen atoms in total. The van der Waals surface area contributed by atoms with Crippen LogP contribution in [0.25, 0.3) is 17.1 Å². The molecule has 0 atom stereocenters. The zero-order chi connectivity index (χ0) is 24.1. The van der Waals surface area contributed by atoms with E-state index < -0.39 is 17.7 Å². The number of carbonyl (C=O) groups is 1. The molecule has 34 heavy (non-hydrogen) atoms. The molecular formula is C25H22F3N3O3. The summed E-state index contributed by atoms with van der Waals surface area (Å²) in [4.78, 5) is 16.9. The van der Waals surface area contributed by atoms with Crippen LogP contribution in [0, 0.1) is 17.2 Å². The van der Waals surface area contributed by atoms with E-state index in [1.54, 1.807) is 35.2 Å². The van der Waals surface area contributed by atoms with E-state index in [0.717, 1.165) is 25.0 Å². The first kappa shape index (κ1) is 23.5. The molecule has 0 radical (unpaired) electrons. The maximum absolute atomic E-state index is 13.1. The molecule has 9 heteroatoms. The third-order valence-electron chi connectivity index (χ3n) is 5.70. The van der Waals surface area contributed by atoms with E-state index in [1.807, 2.05) is 6.07 Å². The minimum Gasteiger partial charge on any atom is -0.461 e. The first-order valence-corrected chi connectivity index (χ1v) is 10.8. The second-order valence-electron chi connectivity index (χ2n) is 8.11. The van der Waals surface area contributed by atoms with Crippen molar-refractivity contribution in [3.8, 4) is 6.07 Å². The molecule has 0 bridgehead atoms. The monoisotopic (exact) mass is 469 g/mol. The summed E-state index contributed by atoms with van der Waals surface area (Å²) in [5, 5.41) is 10.2. The van der Waals surface area contributed by atoms with Crippen molar-refractivity contribution in [3.63, 3.8) is 0 Å². The SMILES string of the molecule is N#C/C(=C\c1cn(Cc2cccc(C(F)(F)F)c2)c2ncccc12)C(=O)OCC1CCOCC1. The molecule has 0 amide bonds. The summed E-state index contributed by atoms with van der Waals surface area (Å²) in [6.45, 7) is 1.62. The van der Waals surface area contributed by atoms with E-state index in [1.165, 1.54) is 12.1 Å². The zero-order valence-corrected chi connectivity index (χ0v) is 18.2. The number of benzene rings is 1. The number of fused-ring (bicyclic) bond motifs is 1. The fraction of sp³-hybridized carbons (Fsp3) is 0.320. The van der Waals surface area contributed by atoms with Gasteiger partial charge in [-0.15, -0.1) is 0 Å². The molecule has 3 heterocycles. The Morgan fingerprint density at radius 1 is 1.26 bits per heavy atom. The molecular weight excluding hydrogens is 447 g/mol. The average Bonchev–Trinajstić information content (AvgIpc) is 3.18. The average molecular weight is 469 g/mol. The van der Waals surface area contributed by atoms with Gasteiger partial charge in [-0.05, 0) is 54.7 Å². The van der Waals surface area contributed by atoms with Crippen LogP contribution in [0.3, 0.4) is 0 Å². The van der Waals surface area contributed by atoms with Crippen molar-refractivity contribution in [3.05, 3.63) is 71.1 Å². The highest BCUT2D eigenvalue weighted by molar-refractivity contribution is 6.00. The van der Waals surface area contributed by atoms with Crippen molar-refractivity contribution < 1.29 is 27.4 Å². The summed E-state index contributed by atoms with van der Waals surface area (Å²) in [5.74, 6) is -0.507. The smallest absolute Gasteiger partial charge is 0.416 e. The van der Waals surface area contributed by atoms with E-state index >= 15 is 0 Å². The molecule has 3 aromatic rings. The number of alkyl halides is 3. The van der Waals surface area contributed by atoms with Crippen molar-refractivity contribution in [1.29, 1.82) is 5.26 Å². The quantitative estimate of drug-likeness (QED) is 0.289. The predicted octanol–water partition coefficient (Wildman–Crippen LogP) is 4.98. The molecule has 0 aliphatic carbocycles. The highest BCUT2D eigenvalue weighted by Gasteiger charge is 2.30. The lowest BCUT2D eigenvalue weighted by molar-refractivity contribution is -0.141. The third kappa shape index (κ3) is 5.46. The van der Waals surface area contributed by atoms with Gasteiger partial charge >= 0.3 is 12.1 Å². The van der Waals surface area contributed by atoms with Crippen LogP contribution in [0.1, 0.15) is 29.5 Å². The largest absolute Gasteiger partial charge is 0.461 e. The van der Waals surface area contributed by atoms with Crippen molar-refractivity contribution in [2.45, 2.75) is 25.6 Å². The lowest BCUT2D eigenvalue weighted by atomic mass is 10.0. The van der Waals surface area contributed by atoms with E-state index in [2.05, 4.69) is 4.98 Å². The standard InChI is InChI=1S/C25H22F3N3O3/c26-25(27,28)21-4-1-3-18(11-21)14-31-15-20(22-5-2-8-30-23(22)31)12-19(13-29)24(32)34-16-17-6-9-33-10-7-17/h1-5,8,11-12,15,17H,6-7,9-10,14,16H2/b19-12+. The van der Waals surface area contributed by atoms with Crippen LogP contribution in [0.15, 0.2) is 54.4 Å². The Kier molecular flexibility index (Phi) is 6.98. The number of esters is 1. The van der Waals surface area contributed by atoms with Gasteiger partial charge in [-0.2, -0.15) is 18.4 Å². The molecule has 4 rings (SSSR count). The minimum atomic E-state index is -4.44. The maximum atomic E-state index is 13.1. The molecule has 1 fully saturated rings. The molecule has 0 unspecified atom stereocenters. The van der Waals surface area contributed by atoms with Crippen molar-refractivity contribution in [2.75, 3.05) is 19.8 Å². The normalized spacial score (nSPS) is 15.3. The van der Waals surface area contributed by atoms with Gasteiger partial charge in [0, 0.05) is 43.1 Å². The summed E-state index contributed by atoms with van der Waals surface area (Å²) in [6.07, 6.45) is 1.83. The summed E-state index contributed by atoms with van der Waals surface area (Å²) >= 11 is 0. The molecule has 0 N–H and O–H groups in total. The number of aromatic nitrogens is 2. The number of pyridine rings is 1. The van der Waals surface area contributed by atoms with Gasteiger partial charge in [0.2, 0.25) is 0 Å². The fourth-order valence-corrected chi connectivity index (χ4v) is 3.90. The van der Waals surface area contributed by atoms with Gasteiger partial charge in [-0.1, -0.05) is 12.1 Å². The van der Waals surface area contributed by atoms with Crippen LogP contribution in [-0.4, -0.2) is 35.3 Å². The second kappa shape index (κ2) is 10.1. The Hall–Kier alpha value is -3.64. The Balaban J connectivity index is 1.59. The number of hydrogen-bond donors (Lipinski definition) is 0. The van der Waals surface area contributed by atoms with E-state index in [-0.39, 0.29) is 24.6 Å². The Morgan fingerprint density at radius 2 is 2.06 bits per heavy atom. The number of halogens is 3. The minimum absolute atomic E-state index is 0.140. The number of ether oxygens (including phenoxy) is 2. The molecule has 2 aromatic heterocycles. The van der Waals surface area contributed by atoms with Gasteiger partial charge in [-0.25, -0.2) is 9.78 Å². The Bertz CT molecular complexity index is 1250. The number of rotatable bonds is 6. The summed E-state index contributed by atoms with van der Waals surface area (Å²) < 4.78 is 51.6. The van der Waals surface area contributed by atoms with Gasteiger partial charge in [0.25, 0.3) is 0 Å². The Labute approximate surface area is 194 Å². The van der Waals surface area contributed by atoms with Crippen LogP contribution < -0.4 is 0 Å². The first-order chi connectivity index (χ1) is 16.3. The number of nitriles is 1. The number of hydrogen-bond acceptors (Lipinski definition) is 5. The molecule has 1 saturated heterocycles. The maximum Gasteiger partial charge on any atom is 0.416 e. The molecule has 1 aromatic carbocycles. The predicted molar refractivity (Wildman–Crippen MR) is 118 cm³/mol. The second-order valence-corrected chi connectivity index (χ2v) is 8.11. The summed E-state index contributed by atoms with van der Waals surface area (Å²) in [7, 11) is 0. The van der Waals surface area contributed by atoms with E-state index in [4.69, 9.17) is 9.47 Å². The number of carbonyl (C=O) groups excluding carboxylic acids is 1. The van der Waals surface area contributed by atoms with E-state index in [0.29, 0.717) is 35.4 Å². The molecule has 0 spiro atoms. The first-order valence-electron chi connectivity index (χ1n) is 10.8. The van der Waals surface area contributed by atoms with Crippen LogP contribution in [-0.2, 0) is 27.0 Å². The van der Waals surface area contributed by atoms with E-state index in [9.17, 15) is 23.2 Å². The van der Waals surface area contributed by atoms with Crippen molar-refractivity contribution in [1.82, 2.24) is 9.55 Å². The molecule has 0 saturated carbocycles. The summed E-state index contributed by atoms with van der Waals surface area (Å²) in [6, 6.07) is 10.5. The van der Waals surface area contributed by atoms with Crippen LogP contribution in [0.5, 0.6) is 0 Å². The lowest BCUT2D eigenvalue weighted by Crippen LogP contribution is -2.22. The Morgan fingerprint density at radius 3 is 2.79 bits per heavy atom. The van der Waals surface area contributed by atoms with Gasteiger partial charge < -0.3 is 14.0 Å². The van der Waals surface area contributed by atoms with Crippen molar-refractivity contribution >= 4 is 23.1 Å². The van der Waals surface area contributed by atoms with Crippen LogP contribution >= 0.6 is 0 Å². The van der Waals surface area contributed by atoms with Crippen molar-refractivity contribution in [2.24, 2.45) is 5.92 Å². The fourth-order valence-electron chi connectivity index (χ4n) is 3.90. The van der Waals surface area contributed by atoms with Gasteiger partial charge in [0.05, 0.1) is 12.2 Å². The highest BCUT2D eigenvalue weighted by Crippen LogP contribution is 2.30. The molecule has 176 valence electrons.